The Kier molecular flexibility index (Phi) is 6.07. The molecule has 7 heteroatoms. The summed E-state index contributed by atoms with van der Waals surface area (Å²) in [5.74, 6) is 0.605. The SMILES string of the molecule is CC(CCC(=O)O)Oc1ccc(Oc2ncc(Cl)cc2Cl)cc1. The highest BCUT2D eigenvalue weighted by Crippen LogP contribution is 2.30. The first-order chi connectivity index (χ1) is 10.9. The molecule has 0 saturated heterocycles. The van der Waals surface area contributed by atoms with Gasteiger partial charge in [-0.1, -0.05) is 23.2 Å². The van der Waals surface area contributed by atoms with Crippen LogP contribution in [0.2, 0.25) is 10.0 Å². The predicted molar refractivity (Wildman–Crippen MR) is 87.7 cm³/mol. The maximum absolute atomic E-state index is 10.5. The molecule has 1 N–H and O–H groups in total. The average molecular weight is 356 g/mol. The van der Waals surface area contributed by atoms with Crippen molar-refractivity contribution in [3.05, 3.63) is 46.6 Å². The monoisotopic (exact) mass is 355 g/mol. The van der Waals surface area contributed by atoms with Crippen molar-refractivity contribution in [3.63, 3.8) is 0 Å². The van der Waals surface area contributed by atoms with E-state index in [0.717, 1.165) is 0 Å². The Morgan fingerprint density at radius 3 is 2.52 bits per heavy atom. The van der Waals surface area contributed by atoms with Gasteiger partial charge < -0.3 is 14.6 Å². The molecule has 0 aliphatic rings. The van der Waals surface area contributed by atoms with Gasteiger partial charge in [-0.2, -0.15) is 0 Å². The molecule has 0 fully saturated rings. The van der Waals surface area contributed by atoms with Gasteiger partial charge in [0.05, 0.1) is 11.1 Å². The van der Waals surface area contributed by atoms with E-state index >= 15 is 0 Å². The zero-order valence-corrected chi connectivity index (χ0v) is 13.8. The van der Waals surface area contributed by atoms with Gasteiger partial charge in [0.2, 0.25) is 5.88 Å². The van der Waals surface area contributed by atoms with Crippen molar-refractivity contribution in [2.24, 2.45) is 0 Å². The van der Waals surface area contributed by atoms with E-state index in [1.165, 1.54) is 6.20 Å². The highest BCUT2D eigenvalue weighted by Gasteiger charge is 2.09. The number of carboxylic acids is 1. The topological polar surface area (TPSA) is 68.7 Å². The summed E-state index contributed by atoms with van der Waals surface area (Å²) in [7, 11) is 0. The average Bonchev–Trinajstić information content (AvgIpc) is 2.50. The van der Waals surface area contributed by atoms with Crippen LogP contribution in [-0.4, -0.2) is 22.2 Å². The molecule has 122 valence electrons. The highest BCUT2D eigenvalue weighted by molar-refractivity contribution is 6.35. The lowest BCUT2D eigenvalue weighted by Gasteiger charge is -2.14. The fraction of sp³-hybridized carbons (Fsp3) is 0.250. The third kappa shape index (κ3) is 5.62. The fourth-order valence-electron chi connectivity index (χ4n) is 1.79. The van der Waals surface area contributed by atoms with E-state index in [4.69, 9.17) is 37.8 Å². The first-order valence-corrected chi connectivity index (χ1v) is 7.67. The molecule has 0 radical (unpaired) electrons. The van der Waals surface area contributed by atoms with Gasteiger partial charge in [0.25, 0.3) is 0 Å². The molecule has 1 aromatic heterocycles. The minimum atomic E-state index is -0.837. The van der Waals surface area contributed by atoms with Crippen molar-refractivity contribution in [3.8, 4) is 17.4 Å². The number of aromatic nitrogens is 1. The Hall–Kier alpha value is -1.98. The number of carbonyl (C=O) groups is 1. The van der Waals surface area contributed by atoms with Crippen molar-refractivity contribution < 1.29 is 19.4 Å². The molecule has 23 heavy (non-hydrogen) atoms. The summed E-state index contributed by atoms with van der Waals surface area (Å²) in [6.07, 6.45) is 1.77. The van der Waals surface area contributed by atoms with Crippen LogP contribution in [0.4, 0.5) is 0 Å². The minimum absolute atomic E-state index is 0.0725. The van der Waals surface area contributed by atoms with Crippen LogP contribution in [0.5, 0.6) is 17.4 Å². The molecule has 0 bridgehead atoms. The number of aliphatic carboxylic acids is 1. The number of carboxylic acid groups (broad SMARTS) is 1. The van der Waals surface area contributed by atoms with E-state index in [2.05, 4.69) is 4.98 Å². The Morgan fingerprint density at radius 2 is 1.91 bits per heavy atom. The molecular weight excluding hydrogens is 341 g/mol. The van der Waals surface area contributed by atoms with Gasteiger partial charge in [0.1, 0.15) is 16.5 Å². The van der Waals surface area contributed by atoms with Crippen LogP contribution in [0.3, 0.4) is 0 Å². The molecule has 0 spiro atoms. The maximum atomic E-state index is 10.5. The zero-order chi connectivity index (χ0) is 16.8. The zero-order valence-electron chi connectivity index (χ0n) is 12.3. The fourth-order valence-corrected chi connectivity index (χ4v) is 2.21. The van der Waals surface area contributed by atoms with Gasteiger partial charge in [-0.25, -0.2) is 4.98 Å². The lowest BCUT2D eigenvalue weighted by atomic mass is 10.2. The second-order valence-electron chi connectivity index (χ2n) is 4.87. The molecule has 2 aromatic rings. The smallest absolute Gasteiger partial charge is 0.303 e. The van der Waals surface area contributed by atoms with Crippen LogP contribution >= 0.6 is 23.2 Å². The van der Waals surface area contributed by atoms with Crippen LogP contribution < -0.4 is 9.47 Å². The largest absolute Gasteiger partial charge is 0.491 e. The first kappa shape index (κ1) is 17.4. The van der Waals surface area contributed by atoms with Crippen molar-refractivity contribution in [2.75, 3.05) is 0 Å². The van der Waals surface area contributed by atoms with Gasteiger partial charge in [-0.05, 0) is 43.7 Å². The quantitative estimate of drug-likeness (QED) is 0.771. The van der Waals surface area contributed by atoms with Crippen LogP contribution in [-0.2, 0) is 4.79 Å². The van der Waals surface area contributed by atoms with Crippen LogP contribution in [0.15, 0.2) is 36.5 Å². The molecule has 1 atom stereocenters. The summed E-state index contributed by atoms with van der Waals surface area (Å²) < 4.78 is 11.2. The third-order valence-electron chi connectivity index (χ3n) is 2.91. The Labute approximate surface area is 143 Å². The molecule has 1 unspecified atom stereocenters. The molecule has 2 rings (SSSR count). The van der Waals surface area contributed by atoms with E-state index in [-0.39, 0.29) is 18.4 Å². The van der Waals surface area contributed by atoms with Crippen molar-refractivity contribution in [1.29, 1.82) is 0 Å². The third-order valence-corrected chi connectivity index (χ3v) is 3.39. The van der Waals surface area contributed by atoms with E-state index in [1.807, 2.05) is 6.92 Å². The first-order valence-electron chi connectivity index (χ1n) is 6.91. The molecular formula is C16H15Cl2NO4. The number of pyridine rings is 1. The molecule has 5 nitrogen and oxygen atoms in total. The molecule has 0 saturated carbocycles. The van der Waals surface area contributed by atoms with Gasteiger partial charge in [0.15, 0.2) is 0 Å². The number of nitrogens with zero attached hydrogens (tertiary/aromatic N) is 1. The summed E-state index contributed by atoms with van der Waals surface area (Å²) >= 11 is 11.8. The van der Waals surface area contributed by atoms with Crippen LogP contribution in [0.25, 0.3) is 0 Å². The van der Waals surface area contributed by atoms with Gasteiger partial charge >= 0.3 is 5.97 Å². The summed E-state index contributed by atoms with van der Waals surface area (Å²) in [6.45, 7) is 1.82. The Bertz CT molecular complexity index is 676. The van der Waals surface area contributed by atoms with Crippen LogP contribution in [0, 0.1) is 0 Å². The van der Waals surface area contributed by atoms with Gasteiger partial charge in [-0.15, -0.1) is 0 Å². The second kappa shape index (κ2) is 8.04. The van der Waals surface area contributed by atoms with Gasteiger partial charge in [-0.3, -0.25) is 4.79 Å². The molecule has 0 amide bonds. The van der Waals surface area contributed by atoms with Gasteiger partial charge in [0, 0.05) is 12.6 Å². The predicted octanol–water partition coefficient (Wildman–Crippen LogP) is 4.81. The summed E-state index contributed by atoms with van der Waals surface area (Å²) in [6, 6.07) is 8.44. The van der Waals surface area contributed by atoms with Crippen molar-refractivity contribution in [1.82, 2.24) is 4.98 Å². The Morgan fingerprint density at radius 1 is 1.26 bits per heavy atom. The van der Waals surface area contributed by atoms with E-state index in [1.54, 1.807) is 30.3 Å². The standard InChI is InChI=1S/C16H15Cl2NO4/c1-10(2-7-15(20)21)22-12-3-5-13(6-4-12)23-16-14(18)8-11(17)9-19-16/h3-6,8-10H,2,7H2,1H3,(H,20,21). The van der Waals surface area contributed by atoms with Crippen molar-refractivity contribution >= 4 is 29.2 Å². The summed E-state index contributed by atoms with van der Waals surface area (Å²) in [5, 5.41) is 9.40. The summed E-state index contributed by atoms with van der Waals surface area (Å²) in [4.78, 5) is 14.5. The highest BCUT2D eigenvalue weighted by atomic mass is 35.5. The van der Waals surface area contributed by atoms with E-state index < -0.39 is 5.97 Å². The number of benzene rings is 1. The normalized spacial score (nSPS) is 11.8. The number of halogens is 2. The van der Waals surface area contributed by atoms with E-state index in [0.29, 0.717) is 28.0 Å². The van der Waals surface area contributed by atoms with E-state index in [9.17, 15) is 4.79 Å². The number of ether oxygens (including phenoxy) is 2. The summed E-state index contributed by atoms with van der Waals surface area (Å²) in [5.41, 5.74) is 0. The second-order valence-corrected chi connectivity index (χ2v) is 5.72. The minimum Gasteiger partial charge on any atom is -0.491 e. The lowest BCUT2D eigenvalue weighted by molar-refractivity contribution is -0.137. The molecule has 1 heterocycles. The lowest BCUT2D eigenvalue weighted by Crippen LogP contribution is -2.13. The van der Waals surface area contributed by atoms with Crippen LogP contribution in [0.1, 0.15) is 19.8 Å². The Balaban J connectivity index is 1.95. The molecule has 1 aromatic carbocycles. The number of hydrogen-bond acceptors (Lipinski definition) is 4. The maximum Gasteiger partial charge on any atom is 0.303 e. The number of rotatable bonds is 7. The molecule has 0 aliphatic heterocycles. The number of hydrogen-bond donors (Lipinski definition) is 1. The van der Waals surface area contributed by atoms with Crippen molar-refractivity contribution in [2.45, 2.75) is 25.9 Å². The molecule has 0 aliphatic carbocycles.